The van der Waals surface area contributed by atoms with Gasteiger partial charge in [0, 0.05) is 10.8 Å². The molecule has 1 atom stereocenters. The van der Waals surface area contributed by atoms with E-state index in [-0.39, 0.29) is 0 Å². The second-order valence-electron chi connectivity index (χ2n) is 2.44. The molecule has 0 aromatic heterocycles. The van der Waals surface area contributed by atoms with Gasteiger partial charge in [-0.3, -0.25) is 10.9 Å². The third kappa shape index (κ3) is 2.47. The molecule has 2 rings (SSSR count). The molecule has 0 saturated carbocycles. The van der Waals surface area contributed by atoms with E-state index in [1.807, 2.05) is 30.3 Å². The molecular weight excluding hydrogens is 220 g/mol. The van der Waals surface area contributed by atoms with Crippen molar-refractivity contribution in [2.45, 2.75) is 0 Å². The summed E-state index contributed by atoms with van der Waals surface area (Å²) < 4.78 is 10.9. The maximum atomic E-state index is 10.9. The van der Waals surface area contributed by atoms with Crippen LogP contribution < -0.4 is 15.7 Å². The zero-order valence-electron chi connectivity index (χ0n) is 7.06. The molecule has 74 valence electrons. The van der Waals surface area contributed by atoms with Crippen LogP contribution in [-0.4, -0.2) is 9.38 Å². The third-order valence-electron chi connectivity index (χ3n) is 1.46. The van der Waals surface area contributed by atoms with Gasteiger partial charge < -0.3 is 0 Å². The summed E-state index contributed by atoms with van der Waals surface area (Å²) in [7, 11) is -0.00376. The Morgan fingerprint density at radius 2 is 2.14 bits per heavy atom. The predicted octanol–water partition coefficient (Wildman–Crippen LogP) is 0.789. The molecule has 1 unspecified atom stereocenters. The lowest BCUT2D eigenvalue weighted by Gasteiger charge is -1.99. The maximum absolute atomic E-state index is 10.9. The van der Waals surface area contributed by atoms with Crippen LogP contribution in [0.1, 0.15) is 0 Å². The fraction of sp³-hybridized carbons (Fsp3) is 0. The van der Waals surface area contributed by atoms with Crippen molar-refractivity contribution in [3.05, 3.63) is 30.3 Å². The minimum atomic E-state index is -1.13. The number of benzene rings is 1. The van der Waals surface area contributed by atoms with Gasteiger partial charge in [-0.25, -0.2) is 4.21 Å². The van der Waals surface area contributed by atoms with E-state index < -0.39 is 10.0 Å². The van der Waals surface area contributed by atoms with E-state index in [0.29, 0.717) is 5.17 Å². The molecule has 0 spiro atoms. The second-order valence-corrected chi connectivity index (χ2v) is 5.08. The largest absolute Gasteiger partial charge is 0.286 e. The molecule has 1 aromatic rings. The molecular formula is C7H8N4OS2. The van der Waals surface area contributed by atoms with E-state index in [1.165, 1.54) is 0 Å². The summed E-state index contributed by atoms with van der Waals surface area (Å²) >= 11 is 0. The molecule has 14 heavy (non-hydrogen) atoms. The van der Waals surface area contributed by atoms with Crippen LogP contribution in [0.3, 0.4) is 0 Å². The van der Waals surface area contributed by atoms with Crippen LogP contribution in [0.2, 0.25) is 0 Å². The number of para-hydroxylation sites is 1. The normalized spacial score (nSPS) is 23.4. The smallest absolute Gasteiger partial charge is 0.210 e. The van der Waals surface area contributed by atoms with Crippen molar-refractivity contribution in [2.75, 3.05) is 5.43 Å². The molecule has 0 bridgehead atoms. The fourth-order valence-corrected chi connectivity index (χ4v) is 2.40. The first kappa shape index (κ1) is 9.50. The highest BCUT2D eigenvalue weighted by atomic mass is 33.1. The van der Waals surface area contributed by atoms with Gasteiger partial charge in [-0.05, 0) is 12.1 Å². The van der Waals surface area contributed by atoms with Crippen LogP contribution in [0.15, 0.2) is 35.4 Å². The molecule has 0 radical (unpaired) electrons. The summed E-state index contributed by atoms with van der Waals surface area (Å²) in [5, 5.41) is 4.57. The van der Waals surface area contributed by atoms with Crippen molar-refractivity contribution in [1.82, 2.24) is 10.3 Å². The number of hydrogen-bond donors (Lipinski definition) is 3. The summed E-state index contributed by atoms with van der Waals surface area (Å²) in [4.78, 5) is 2.52. The Morgan fingerprint density at radius 1 is 1.36 bits per heavy atom. The molecule has 1 saturated heterocycles. The second kappa shape index (κ2) is 4.45. The van der Waals surface area contributed by atoms with E-state index in [2.05, 4.69) is 20.8 Å². The van der Waals surface area contributed by atoms with Gasteiger partial charge in [0.1, 0.15) is 0 Å². The molecule has 0 amide bonds. The summed E-state index contributed by atoms with van der Waals surface area (Å²) in [6.07, 6.45) is 0. The van der Waals surface area contributed by atoms with Crippen LogP contribution in [0, 0.1) is 0 Å². The van der Waals surface area contributed by atoms with Crippen molar-refractivity contribution in [2.24, 2.45) is 5.10 Å². The van der Waals surface area contributed by atoms with Gasteiger partial charge in [-0.15, -0.1) is 9.93 Å². The number of hydrazone groups is 1. The van der Waals surface area contributed by atoms with E-state index in [1.54, 1.807) is 0 Å². The Hall–Kier alpha value is -1.05. The number of amidine groups is 1. The quantitative estimate of drug-likeness (QED) is 0.517. The topological polar surface area (TPSA) is 65.5 Å². The van der Waals surface area contributed by atoms with Crippen molar-refractivity contribution in [3.63, 3.8) is 0 Å². The van der Waals surface area contributed by atoms with E-state index in [0.717, 1.165) is 16.5 Å². The first-order valence-corrected chi connectivity index (χ1v) is 6.33. The third-order valence-corrected chi connectivity index (χ3v) is 3.41. The first-order chi connectivity index (χ1) is 6.84. The number of anilines is 1. The van der Waals surface area contributed by atoms with Crippen LogP contribution >= 0.6 is 10.8 Å². The Balaban J connectivity index is 1.97. The molecule has 1 aliphatic rings. The SMILES string of the molecule is O=S1NNC(=NNc2ccccc2)S1. The highest BCUT2D eigenvalue weighted by Gasteiger charge is 2.14. The van der Waals surface area contributed by atoms with Crippen LogP contribution in [0.4, 0.5) is 5.69 Å². The zero-order chi connectivity index (χ0) is 9.80. The van der Waals surface area contributed by atoms with Gasteiger partial charge in [-0.2, -0.15) is 0 Å². The average molecular weight is 228 g/mol. The molecule has 1 heterocycles. The monoisotopic (exact) mass is 228 g/mol. The van der Waals surface area contributed by atoms with Gasteiger partial charge in [-0.1, -0.05) is 18.2 Å². The Morgan fingerprint density at radius 3 is 2.79 bits per heavy atom. The van der Waals surface area contributed by atoms with Crippen LogP contribution in [0.25, 0.3) is 0 Å². The number of hydrazine groups is 1. The minimum absolute atomic E-state index is 0.562. The van der Waals surface area contributed by atoms with E-state index in [9.17, 15) is 4.21 Å². The lowest BCUT2D eigenvalue weighted by atomic mass is 10.3. The Labute approximate surface area is 87.3 Å². The van der Waals surface area contributed by atoms with Crippen molar-refractivity contribution >= 4 is 31.7 Å². The lowest BCUT2D eigenvalue weighted by Crippen LogP contribution is -2.26. The average Bonchev–Trinajstić information content (AvgIpc) is 2.63. The van der Waals surface area contributed by atoms with Crippen LogP contribution in [-0.2, 0) is 10.0 Å². The molecule has 0 aliphatic carbocycles. The molecule has 3 N–H and O–H groups in total. The van der Waals surface area contributed by atoms with E-state index >= 15 is 0 Å². The Bertz CT molecular complexity index is 367. The van der Waals surface area contributed by atoms with E-state index in [4.69, 9.17) is 0 Å². The number of rotatable bonds is 2. The zero-order valence-corrected chi connectivity index (χ0v) is 8.69. The van der Waals surface area contributed by atoms with Crippen molar-refractivity contribution in [3.8, 4) is 0 Å². The highest BCUT2D eigenvalue weighted by molar-refractivity contribution is 8.75. The van der Waals surface area contributed by atoms with Crippen molar-refractivity contribution in [1.29, 1.82) is 0 Å². The highest BCUT2D eigenvalue weighted by Crippen LogP contribution is 2.12. The molecule has 7 heteroatoms. The maximum Gasteiger partial charge on any atom is 0.210 e. The first-order valence-electron chi connectivity index (χ1n) is 3.85. The number of hydrogen-bond acceptors (Lipinski definition) is 4. The fourth-order valence-electron chi connectivity index (χ4n) is 0.873. The summed E-state index contributed by atoms with van der Waals surface area (Å²) in [6.45, 7) is 0. The standard InChI is InChI=1S/C7H8N4OS2/c12-14-11-10-7(13-14)9-8-6-4-2-1-3-5-6/h1-5,8,11H,(H,9,10). The van der Waals surface area contributed by atoms with Gasteiger partial charge in [0.2, 0.25) is 5.17 Å². The summed E-state index contributed by atoms with van der Waals surface area (Å²) in [5.74, 6) is 0. The van der Waals surface area contributed by atoms with Crippen molar-refractivity contribution < 1.29 is 4.21 Å². The predicted molar refractivity (Wildman–Crippen MR) is 59.5 cm³/mol. The van der Waals surface area contributed by atoms with Gasteiger partial charge >= 0.3 is 0 Å². The molecule has 1 fully saturated rings. The minimum Gasteiger partial charge on any atom is -0.286 e. The number of nitrogens with one attached hydrogen (secondary N) is 3. The number of nitrogens with zero attached hydrogens (tertiary/aromatic N) is 1. The molecule has 5 nitrogen and oxygen atoms in total. The molecule has 1 aliphatic heterocycles. The van der Waals surface area contributed by atoms with Gasteiger partial charge in [0.05, 0.1) is 5.69 Å². The van der Waals surface area contributed by atoms with Crippen LogP contribution in [0.5, 0.6) is 0 Å². The lowest BCUT2D eigenvalue weighted by molar-refractivity contribution is 0.680. The van der Waals surface area contributed by atoms with Gasteiger partial charge in [0.15, 0.2) is 10.0 Å². The molecule has 1 aromatic carbocycles. The Kier molecular flexibility index (Phi) is 3.02. The summed E-state index contributed by atoms with van der Waals surface area (Å²) in [5.41, 5.74) is 6.40. The summed E-state index contributed by atoms with van der Waals surface area (Å²) in [6, 6.07) is 9.54. The van der Waals surface area contributed by atoms with Gasteiger partial charge in [0.25, 0.3) is 0 Å².